The van der Waals surface area contributed by atoms with Gasteiger partial charge in [-0.2, -0.15) is 11.8 Å². The van der Waals surface area contributed by atoms with E-state index in [2.05, 4.69) is 18.7 Å². The van der Waals surface area contributed by atoms with Crippen molar-refractivity contribution in [1.82, 2.24) is 0 Å². The summed E-state index contributed by atoms with van der Waals surface area (Å²) in [6.07, 6.45) is 11.7. The molecule has 0 spiro atoms. The maximum absolute atomic E-state index is 2.28. The summed E-state index contributed by atoms with van der Waals surface area (Å²) in [6, 6.07) is 0. The summed E-state index contributed by atoms with van der Waals surface area (Å²) in [5.74, 6) is 1.42. The summed E-state index contributed by atoms with van der Waals surface area (Å²) >= 11 is 2.24. The summed E-state index contributed by atoms with van der Waals surface area (Å²) < 4.78 is 0. The zero-order valence-corrected chi connectivity index (χ0v) is 9.17. The summed E-state index contributed by atoms with van der Waals surface area (Å²) in [6.45, 7) is 2.28. The van der Waals surface area contributed by atoms with Gasteiger partial charge < -0.3 is 0 Å². The van der Waals surface area contributed by atoms with Crippen molar-refractivity contribution in [2.45, 2.75) is 63.5 Å². The van der Waals surface area contributed by atoms with Crippen molar-refractivity contribution in [3.8, 4) is 0 Å². The molecule has 1 heteroatoms. The zero-order chi connectivity index (χ0) is 8.65. The fourth-order valence-corrected chi connectivity index (χ4v) is 3.20. The predicted octanol–water partition coefficient (Wildman–Crippen LogP) is 4.24. The SMILES string of the molecule is CCCCCSC1CCCCC1. The maximum Gasteiger partial charge on any atom is 0.00470 e. The monoisotopic (exact) mass is 186 g/mol. The van der Waals surface area contributed by atoms with Crippen LogP contribution in [0.3, 0.4) is 0 Å². The second-order valence-electron chi connectivity index (χ2n) is 3.84. The molecule has 0 unspecified atom stereocenters. The highest BCUT2D eigenvalue weighted by Crippen LogP contribution is 2.28. The van der Waals surface area contributed by atoms with Gasteiger partial charge in [-0.15, -0.1) is 0 Å². The Morgan fingerprint density at radius 2 is 1.83 bits per heavy atom. The van der Waals surface area contributed by atoms with E-state index in [0.29, 0.717) is 0 Å². The highest BCUT2D eigenvalue weighted by molar-refractivity contribution is 7.99. The highest BCUT2D eigenvalue weighted by atomic mass is 32.2. The molecule has 0 amide bonds. The van der Waals surface area contributed by atoms with Gasteiger partial charge in [0.05, 0.1) is 0 Å². The molecule has 0 aromatic rings. The molecule has 1 aliphatic rings. The summed E-state index contributed by atoms with van der Waals surface area (Å²) in [4.78, 5) is 0. The average Bonchev–Trinajstić information content (AvgIpc) is 2.14. The first-order valence-electron chi connectivity index (χ1n) is 5.55. The van der Waals surface area contributed by atoms with E-state index in [9.17, 15) is 0 Å². The highest BCUT2D eigenvalue weighted by Gasteiger charge is 2.12. The molecule has 0 N–H and O–H groups in total. The van der Waals surface area contributed by atoms with E-state index in [1.807, 2.05) is 0 Å². The van der Waals surface area contributed by atoms with Gasteiger partial charge in [-0.25, -0.2) is 0 Å². The molecule has 0 aromatic carbocycles. The van der Waals surface area contributed by atoms with E-state index < -0.39 is 0 Å². The van der Waals surface area contributed by atoms with Crippen molar-refractivity contribution < 1.29 is 0 Å². The molecule has 12 heavy (non-hydrogen) atoms. The third-order valence-electron chi connectivity index (χ3n) is 2.65. The fourth-order valence-electron chi connectivity index (χ4n) is 1.83. The van der Waals surface area contributed by atoms with Crippen LogP contribution in [0.15, 0.2) is 0 Å². The minimum absolute atomic E-state index is 1.02. The Balaban J connectivity index is 1.91. The van der Waals surface area contributed by atoms with Gasteiger partial charge in [0, 0.05) is 5.25 Å². The van der Waals surface area contributed by atoms with E-state index >= 15 is 0 Å². The number of thioether (sulfide) groups is 1. The quantitative estimate of drug-likeness (QED) is 0.579. The van der Waals surface area contributed by atoms with Crippen LogP contribution in [0.4, 0.5) is 0 Å². The lowest BCUT2D eigenvalue weighted by Crippen LogP contribution is -2.08. The Hall–Kier alpha value is 0.350. The van der Waals surface area contributed by atoms with E-state index in [0.717, 1.165) is 5.25 Å². The Morgan fingerprint density at radius 3 is 2.50 bits per heavy atom. The molecule has 0 atom stereocenters. The lowest BCUT2D eigenvalue weighted by atomic mass is 10.0. The van der Waals surface area contributed by atoms with Crippen molar-refractivity contribution >= 4 is 11.8 Å². The summed E-state index contributed by atoms with van der Waals surface area (Å²) in [5, 5.41) is 1.02. The Labute approximate surface area is 81.5 Å². The first-order valence-corrected chi connectivity index (χ1v) is 6.60. The molecule has 0 radical (unpaired) electrons. The molecule has 72 valence electrons. The van der Waals surface area contributed by atoms with Crippen LogP contribution in [0, 0.1) is 0 Å². The van der Waals surface area contributed by atoms with Gasteiger partial charge in [-0.05, 0) is 25.0 Å². The smallest absolute Gasteiger partial charge is 0.00470 e. The molecule has 0 aliphatic heterocycles. The van der Waals surface area contributed by atoms with E-state index in [-0.39, 0.29) is 0 Å². The summed E-state index contributed by atoms with van der Waals surface area (Å²) in [7, 11) is 0. The van der Waals surface area contributed by atoms with Crippen molar-refractivity contribution in [2.24, 2.45) is 0 Å². The molecule has 1 fully saturated rings. The van der Waals surface area contributed by atoms with Crippen LogP contribution < -0.4 is 0 Å². The van der Waals surface area contributed by atoms with Crippen LogP contribution in [0.2, 0.25) is 0 Å². The van der Waals surface area contributed by atoms with Gasteiger partial charge in [0.2, 0.25) is 0 Å². The van der Waals surface area contributed by atoms with Gasteiger partial charge in [-0.1, -0.05) is 39.0 Å². The van der Waals surface area contributed by atoms with Crippen LogP contribution in [-0.4, -0.2) is 11.0 Å². The van der Waals surface area contributed by atoms with E-state index in [1.165, 1.54) is 57.1 Å². The molecule has 1 aliphatic carbocycles. The Kier molecular flexibility index (Phi) is 5.93. The second kappa shape index (κ2) is 6.82. The Bertz CT molecular complexity index is 95.2. The first kappa shape index (κ1) is 10.4. The lowest BCUT2D eigenvalue weighted by molar-refractivity contribution is 0.515. The number of rotatable bonds is 5. The van der Waals surface area contributed by atoms with Crippen molar-refractivity contribution in [3.63, 3.8) is 0 Å². The first-order chi connectivity index (χ1) is 5.93. The van der Waals surface area contributed by atoms with Gasteiger partial charge in [-0.3, -0.25) is 0 Å². The largest absolute Gasteiger partial charge is 0.159 e. The minimum atomic E-state index is 1.02. The fraction of sp³-hybridized carbons (Fsp3) is 1.00. The average molecular weight is 186 g/mol. The van der Waals surface area contributed by atoms with E-state index in [1.54, 1.807) is 0 Å². The van der Waals surface area contributed by atoms with Gasteiger partial charge in [0.25, 0.3) is 0 Å². The van der Waals surface area contributed by atoms with Crippen molar-refractivity contribution in [2.75, 3.05) is 5.75 Å². The maximum atomic E-state index is 2.28. The molecule has 0 saturated heterocycles. The molecular weight excluding hydrogens is 164 g/mol. The minimum Gasteiger partial charge on any atom is -0.159 e. The number of hydrogen-bond donors (Lipinski definition) is 0. The molecule has 0 aromatic heterocycles. The van der Waals surface area contributed by atoms with Gasteiger partial charge in [0.15, 0.2) is 0 Å². The number of hydrogen-bond acceptors (Lipinski definition) is 1. The molecule has 0 heterocycles. The topological polar surface area (TPSA) is 0 Å². The van der Waals surface area contributed by atoms with Crippen LogP contribution in [0.1, 0.15) is 58.3 Å². The number of unbranched alkanes of at least 4 members (excludes halogenated alkanes) is 2. The van der Waals surface area contributed by atoms with Crippen LogP contribution >= 0.6 is 11.8 Å². The summed E-state index contributed by atoms with van der Waals surface area (Å²) in [5.41, 5.74) is 0. The zero-order valence-electron chi connectivity index (χ0n) is 8.35. The van der Waals surface area contributed by atoms with Crippen LogP contribution in [0.5, 0.6) is 0 Å². The van der Waals surface area contributed by atoms with E-state index in [4.69, 9.17) is 0 Å². The van der Waals surface area contributed by atoms with Crippen molar-refractivity contribution in [1.29, 1.82) is 0 Å². The normalized spacial score (nSPS) is 19.8. The molecule has 0 bridgehead atoms. The molecule has 1 rings (SSSR count). The molecule has 0 nitrogen and oxygen atoms in total. The van der Waals surface area contributed by atoms with Gasteiger partial charge in [0.1, 0.15) is 0 Å². The van der Waals surface area contributed by atoms with Crippen LogP contribution in [-0.2, 0) is 0 Å². The predicted molar refractivity (Wildman–Crippen MR) is 58.9 cm³/mol. The third-order valence-corrected chi connectivity index (χ3v) is 4.12. The van der Waals surface area contributed by atoms with Crippen LogP contribution in [0.25, 0.3) is 0 Å². The van der Waals surface area contributed by atoms with Crippen molar-refractivity contribution in [3.05, 3.63) is 0 Å². The van der Waals surface area contributed by atoms with Gasteiger partial charge >= 0.3 is 0 Å². The Morgan fingerprint density at radius 1 is 1.08 bits per heavy atom. The third kappa shape index (κ3) is 4.39. The molecule has 1 saturated carbocycles. The second-order valence-corrected chi connectivity index (χ2v) is 5.25. The molecular formula is C11H22S. The standard InChI is InChI=1S/C11H22S/c1-2-3-7-10-12-11-8-5-4-6-9-11/h11H,2-10H2,1H3. The lowest BCUT2D eigenvalue weighted by Gasteiger charge is -2.20.